The van der Waals surface area contributed by atoms with Crippen LogP contribution in [0.2, 0.25) is 0 Å². The Balaban J connectivity index is 1.23. The van der Waals surface area contributed by atoms with Crippen LogP contribution in [0, 0.1) is 0 Å². The molecule has 0 saturated heterocycles. The van der Waals surface area contributed by atoms with Crippen molar-refractivity contribution in [3.05, 3.63) is 176 Å². The van der Waals surface area contributed by atoms with Crippen LogP contribution in [0.4, 0.5) is 0 Å². The van der Waals surface area contributed by atoms with E-state index >= 15 is 0 Å². The summed E-state index contributed by atoms with van der Waals surface area (Å²) in [6, 6.07) is 65.1. The van der Waals surface area contributed by atoms with E-state index < -0.39 is 0 Å². The van der Waals surface area contributed by atoms with E-state index in [1.165, 1.54) is 103 Å². The molecule has 1 heterocycles. The molecule has 10 aromatic carbocycles. The molecule has 0 fully saturated rings. The second-order valence-electron chi connectivity index (χ2n) is 13.3. The maximum atomic E-state index is 2.44. The van der Waals surface area contributed by atoms with Crippen molar-refractivity contribution in [2.24, 2.45) is 0 Å². The lowest BCUT2D eigenvalue weighted by Crippen LogP contribution is -1.94. The van der Waals surface area contributed by atoms with E-state index in [0.717, 1.165) is 0 Å². The van der Waals surface area contributed by atoms with Crippen LogP contribution >= 0.6 is 0 Å². The van der Waals surface area contributed by atoms with E-state index in [0.29, 0.717) is 0 Å². The first-order valence-electron chi connectivity index (χ1n) is 17.0. The molecule has 1 heteroatoms. The van der Waals surface area contributed by atoms with Crippen molar-refractivity contribution >= 4 is 86.4 Å². The first-order chi connectivity index (χ1) is 24.3. The molecule has 0 bridgehead atoms. The average Bonchev–Trinajstić information content (AvgIpc) is 3.51. The zero-order chi connectivity index (χ0) is 32.1. The van der Waals surface area contributed by atoms with E-state index in [9.17, 15) is 0 Å². The van der Waals surface area contributed by atoms with Gasteiger partial charge in [-0.25, -0.2) is 0 Å². The molecule has 0 radical (unpaired) electrons. The van der Waals surface area contributed by atoms with Crippen molar-refractivity contribution < 1.29 is 0 Å². The van der Waals surface area contributed by atoms with Gasteiger partial charge in [-0.05, 0) is 106 Å². The van der Waals surface area contributed by atoms with E-state index in [1.807, 2.05) is 0 Å². The molecular formula is C48H29N. The molecule has 11 rings (SSSR count). The fourth-order valence-corrected chi connectivity index (χ4v) is 8.55. The highest BCUT2D eigenvalue weighted by Gasteiger charge is 2.18. The Morgan fingerprint density at radius 3 is 1.41 bits per heavy atom. The Hall–Kier alpha value is -6.44. The highest BCUT2D eigenvalue weighted by Crippen LogP contribution is 2.45. The summed E-state index contributed by atoms with van der Waals surface area (Å²) < 4.78 is 2.43. The van der Waals surface area contributed by atoms with Gasteiger partial charge in [-0.1, -0.05) is 146 Å². The first kappa shape index (κ1) is 26.6. The normalized spacial score (nSPS) is 12.1. The Kier molecular flexibility index (Phi) is 5.45. The number of aromatic nitrogens is 1. The number of nitrogens with zero attached hydrogens (tertiary/aromatic N) is 1. The van der Waals surface area contributed by atoms with Gasteiger partial charge in [-0.15, -0.1) is 0 Å². The summed E-state index contributed by atoms with van der Waals surface area (Å²) in [5.41, 5.74) is 6.05. The van der Waals surface area contributed by atoms with Gasteiger partial charge < -0.3 is 4.57 Å². The van der Waals surface area contributed by atoms with Crippen LogP contribution < -0.4 is 0 Å². The summed E-state index contributed by atoms with van der Waals surface area (Å²) in [5, 5.41) is 18.1. The lowest BCUT2D eigenvalue weighted by atomic mass is 9.86. The molecule has 0 N–H and O–H groups in total. The molecule has 11 aromatic rings. The molecule has 0 spiro atoms. The highest BCUT2D eigenvalue weighted by molar-refractivity contribution is 6.39. The minimum absolute atomic E-state index is 1.18. The van der Waals surface area contributed by atoms with Gasteiger partial charge in [0.15, 0.2) is 0 Å². The number of benzene rings is 10. The topological polar surface area (TPSA) is 4.93 Å². The molecular weight excluding hydrogens is 591 g/mol. The molecule has 0 amide bonds. The standard InChI is InChI=1S/C48H29N/c1-2-12-31-27-34(24-21-30(31)11-1)49-45-20-10-9-16-39(45)40-26-23-33(29-46(40)49)32-22-25-38-37-15-5-7-18-42(37)47-41-17-6-3-13-35(41)36-14-4-8-19-43(36)48(47)44(38)28-32/h1-29H. The monoisotopic (exact) mass is 619 g/mol. The molecule has 0 aliphatic heterocycles. The van der Waals surface area contributed by atoms with Gasteiger partial charge in [0.25, 0.3) is 0 Å². The van der Waals surface area contributed by atoms with Crippen molar-refractivity contribution in [1.29, 1.82) is 0 Å². The van der Waals surface area contributed by atoms with Crippen LogP contribution in [-0.2, 0) is 0 Å². The first-order valence-corrected chi connectivity index (χ1v) is 17.0. The number of fused-ring (bicyclic) bond motifs is 15. The number of rotatable bonds is 2. The second-order valence-corrected chi connectivity index (χ2v) is 13.3. The summed E-state index contributed by atoms with van der Waals surface area (Å²) >= 11 is 0. The van der Waals surface area contributed by atoms with E-state index in [2.05, 4.69) is 180 Å². The Labute approximate surface area is 282 Å². The minimum atomic E-state index is 1.18. The highest BCUT2D eigenvalue weighted by atomic mass is 15.0. The van der Waals surface area contributed by atoms with Gasteiger partial charge in [0.05, 0.1) is 11.0 Å². The number of hydrogen-bond acceptors (Lipinski definition) is 0. The molecule has 0 saturated carbocycles. The number of hydrogen-bond donors (Lipinski definition) is 0. The summed E-state index contributed by atoms with van der Waals surface area (Å²) in [6.07, 6.45) is 0. The SMILES string of the molecule is c1ccc2cc(-n3c4ccccc4c4ccc(-c5ccc6c7ccccc7c7c8ccccc8c8ccccc8c7c6c5)cc43)ccc2c1. The van der Waals surface area contributed by atoms with Crippen LogP contribution in [-0.4, -0.2) is 4.57 Å². The quantitative estimate of drug-likeness (QED) is 0.170. The predicted molar refractivity (Wildman–Crippen MR) is 211 cm³/mol. The Morgan fingerprint density at radius 2 is 0.735 bits per heavy atom. The van der Waals surface area contributed by atoms with Gasteiger partial charge in [-0.3, -0.25) is 0 Å². The fourth-order valence-electron chi connectivity index (χ4n) is 8.55. The van der Waals surface area contributed by atoms with Gasteiger partial charge in [0, 0.05) is 16.5 Å². The molecule has 1 aromatic heterocycles. The maximum absolute atomic E-state index is 2.44. The molecule has 226 valence electrons. The molecule has 0 aliphatic rings. The van der Waals surface area contributed by atoms with Gasteiger partial charge >= 0.3 is 0 Å². The minimum Gasteiger partial charge on any atom is -0.309 e. The second kappa shape index (κ2) is 10.0. The molecule has 0 aliphatic carbocycles. The van der Waals surface area contributed by atoms with Crippen LogP contribution in [0.25, 0.3) is 103 Å². The number of para-hydroxylation sites is 1. The van der Waals surface area contributed by atoms with Crippen LogP contribution in [0.1, 0.15) is 0 Å². The van der Waals surface area contributed by atoms with E-state index in [-0.39, 0.29) is 0 Å². The summed E-state index contributed by atoms with van der Waals surface area (Å²) in [5.74, 6) is 0. The molecule has 0 atom stereocenters. The average molecular weight is 620 g/mol. The van der Waals surface area contributed by atoms with E-state index in [4.69, 9.17) is 0 Å². The molecule has 1 nitrogen and oxygen atoms in total. The van der Waals surface area contributed by atoms with Crippen LogP contribution in [0.5, 0.6) is 0 Å². The van der Waals surface area contributed by atoms with Crippen molar-refractivity contribution in [1.82, 2.24) is 4.57 Å². The largest absolute Gasteiger partial charge is 0.309 e. The van der Waals surface area contributed by atoms with Gasteiger partial charge in [-0.2, -0.15) is 0 Å². The van der Waals surface area contributed by atoms with Crippen molar-refractivity contribution in [3.8, 4) is 16.8 Å². The van der Waals surface area contributed by atoms with Gasteiger partial charge in [0.2, 0.25) is 0 Å². The van der Waals surface area contributed by atoms with Crippen molar-refractivity contribution in [2.45, 2.75) is 0 Å². The molecule has 49 heavy (non-hydrogen) atoms. The fraction of sp³-hybridized carbons (Fsp3) is 0. The van der Waals surface area contributed by atoms with E-state index in [1.54, 1.807) is 0 Å². The van der Waals surface area contributed by atoms with Gasteiger partial charge in [0.1, 0.15) is 0 Å². The molecule has 0 unspecified atom stereocenters. The van der Waals surface area contributed by atoms with Crippen molar-refractivity contribution in [2.75, 3.05) is 0 Å². The van der Waals surface area contributed by atoms with Crippen LogP contribution in [0.15, 0.2) is 176 Å². The lowest BCUT2D eigenvalue weighted by Gasteiger charge is -2.17. The van der Waals surface area contributed by atoms with Crippen LogP contribution in [0.3, 0.4) is 0 Å². The maximum Gasteiger partial charge on any atom is 0.0547 e. The summed E-state index contributed by atoms with van der Waals surface area (Å²) in [6.45, 7) is 0. The van der Waals surface area contributed by atoms with Crippen molar-refractivity contribution in [3.63, 3.8) is 0 Å². The third kappa shape index (κ3) is 3.76. The Morgan fingerprint density at radius 1 is 0.265 bits per heavy atom. The summed E-state index contributed by atoms with van der Waals surface area (Å²) in [7, 11) is 0. The third-order valence-electron chi connectivity index (χ3n) is 10.7. The summed E-state index contributed by atoms with van der Waals surface area (Å²) in [4.78, 5) is 0. The third-order valence-corrected chi connectivity index (χ3v) is 10.7. The zero-order valence-electron chi connectivity index (χ0n) is 26.7. The Bertz CT molecular complexity index is 3140. The lowest BCUT2D eigenvalue weighted by molar-refractivity contribution is 1.19. The smallest absolute Gasteiger partial charge is 0.0547 e. The zero-order valence-corrected chi connectivity index (χ0v) is 26.7. The predicted octanol–water partition coefficient (Wildman–Crippen LogP) is 13.4.